The molecule has 0 fully saturated rings. The molecule has 7 nitrogen and oxygen atoms in total. The van der Waals surface area contributed by atoms with Crippen molar-refractivity contribution in [3.63, 3.8) is 0 Å². The van der Waals surface area contributed by atoms with E-state index in [2.05, 4.69) is 6.92 Å². The Labute approximate surface area is 143 Å². The maximum atomic E-state index is 12.7. The highest BCUT2D eigenvalue weighted by atomic mass is 31.2. The number of hydrogen-bond donors (Lipinski definition) is 0. The number of benzene rings is 1. The molecule has 0 aliphatic heterocycles. The van der Waals surface area contributed by atoms with Gasteiger partial charge in [-0.3, -0.25) is 10.1 Å². The Hall–Kier alpha value is -1.43. The summed E-state index contributed by atoms with van der Waals surface area (Å²) in [4.78, 5) is 10.2. The molecule has 0 saturated carbocycles. The van der Waals surface area contributed by atoms with Crippen LogP contribution in [0.5, 0.6) is 5.75 Å². The van der Waals surface area contributed by atoms with Crippen LogP contribution in [0, 0.1) is 10.1 Å². The first-order valence-corrected chi connectivity index (χ1v) is 9.99. The highest BCUT2D eigenvalue weighted by Crippen LogP contribution is 2.49. The van der Waals surface area contributed by atoms with E-state index in [9.17, 15) is 14.7 Å². The number of nitrogens with zero attached hydrogens (tertiary/aromatic N) is 1. The maximum Gasteiger partial charge on any atom is 0.379 e. The van der Waals surface area contributed by atoms with Gasteiger partial charge in [0.1, 0.15) is 5.75 Å². The molecule has 8 heteroatoms. The van der Waals surface area contributed by atoms with Gasteiger partial charge in [0.2, 0.25) is 0 Å². The highest BCUT2D eigenvalue weighted by Gasteiger charge is 2.25. The maximum absolute atomic E-state index is 12.7. The van der Waals surface area contributed by atoms with Crippen LogP contribution in [0.25, 0.3) is 0 Å². The Morgan fingerprint density at radius 2 is 1.79 bits per heavy atom. The molecular formula is C16H26NO6P. The summed E-state index contributed by atoms with van der Waals surface area (Å²) in [5, 5.41) is 10.6. The Morgan fingerprint density at radius 1 is 1.08 bits per heavy atom. The molecular weight excluding hydrogens is 333 g/mol. The normalized spacial score (nSPS) is 13.4. The second-order valence-electron chi connectivity index (χ2n) is 5.27. The monoisotopic (exact) mass is 359 g/mol. The topological polar surface area (TPSA) is 87.9 Å². The third kappa shape index (κ3) is 7.90. The van der Waals surface area contributed by atoms with Gasteiger partial charge in [-0.2, -0.15) is 0 Å². The summed E-state index contributed by atoms with van der Waals surface area (Å²) in [6, 6.07) is 5.50. The number of unbranched alkanes of at least 4 members (excludes halogenated alkanes) is 2. The van der Waals surface area contributed by atoms with Crippen LogP contribution in [0.1, 0.15) is 39.5 Å². The molecule has 1 unspecified atom stereocenters. The van der Waals surface area contributed by atoms with Crippen LogP contribution in [-0.2, 0) is 13.8 Å². The van der Waals surface area contributed by atoms with Gasteiger partial charge in [-0.25, -0.2) is 4.57 Å². The van der Waals surface area contributed by atoms with E-state index in [0.717, 1.165) is 25.9 Å². The van der Waals surface area contributed by atoms with Crippen molar-refractivity contribution in [2.24, 2.45) is 0 Å². The van der Waals surface area contributed by atoms with Crippen LogP contribution < -0.4 is 4.52 Å². The quantitative estimate of drug-likeness (QED) is 0.217. The van der Waals surface area contributed by atoms with Gasteiger partial charge in [0.25, 0.3) is 5.69 Å². The van der Waals surface area contributed by atoms with Crippen molar-refractivity contribution < 1.29 is 23.3 Å². The molecule has 0 aromatic heterocycles. The Kier molecular flexibility index (Phi) is 9.60. The lowest BCUT2D eigenvalue weighted by molar-refractivity contribution is -0.384. The molecule has 1 aromatic rings. The molecule has 1 rings (SSSR count). The number of hydrogen-bond acceptors (Lipinski definition) is 6. The average molecular weight is 359 g/mol. The van der Waals surface area contributed by atoms with Gasteiger partial charge in [0, 0.05) is 25.3 Å². The highest BCUT2D eigenvalue weighted by molar-refractivity contribution is 7.54. The first kappa shape index (κ1) is 20.6. The average Bonchev–Trinajstić information content (AvgIpc) is 2.54. The smallest absolute Gasteiger partial charge is 0.379 e. The summed E-state index contributed by atoms with van der Waals surface area (Å²) in [5.41, 5.74) is -0.0410. The molecule has 0 radical (unpaired) electrons. The second-order valence-corrected chi connectivity index (χ2v) is 7.38. The minimum absolute atomic E-state index is 0.0410. The van der Waals surface area contributed by atoms with Gasteiger partial charge < -0.3 is 13.8 Å². The van der Waals surface area contributed by atoms with Gasteiger partial charge in [0.05, 0.1) is 17.7 Å². The van der Waals surface area contributed by atoms with Crippen LogP contribution in [0.3, 0.4) is 0 Å². The van der Waals surface area contributed by atoms with E-state index in [-0.39, 0.29) is 12.3 Å². The van der Waals surface area contributed by atoms with Crippen molar-refractivity contribution in [2.45, 2.75) is 39.5 Å². The minimum Gasteiger partial charge on any atom is -0.424 e. The fourth-order valence-electron chi connectivity index (χ4n) is 2.06. The van der Waals surface area contributed by atoms with Gasteiger partial charge >= 0.3 is 7.60 Å². The molecule has 1 aromatic carbocycles. The molecule has 0 N–H and O–H groups in total. The molecule has 0 aliphatic carbocycles. The van der Waals surface area contributed by atoms with Crippen LogP contribution >= 0.6 is 7.60 Å². The predicted octanol–water partition coefficient (Wildman–Crippen LogP) is 4.80. The zero-order valence-electron chi connectivity index (χ0n) is 14.3. The summed E-state index contributed by atoms with van der Waals surface area (Å²) in [6.45, 7) is 5.57. The van der Waals surface area contributed by atoms with E-state index < -0.39 is 12.5 Å². The molecule has 0 heterocycles. The molecule has 0 bridgehead atoms. The number of non-ortho nitro benzene ring substituents is 1. The summed E-state index contributed by atoms with van der Waals surface area (Å²) < 4.78 is 29.0. The van der Waals surface area contributed by atoms with Crippen LogP contribution in [0.15, 0.2) is 24.3 Å². The fourth-order valence-corrected chi connectivity index (χ4v) is 3.78. The fraction of sp³-hybridized carbons (Fsp3) is 0.625. The standard InChI is InChI=1S/C16H26NO6P/c1-3-12-21-13-6-5-7-14-24(20,22-4-2)23-16-10-8-15(9-11-16)17(18)19/h8-11H,3-7,12-14H2,1-2H3. The van der Waals surface area contributed by atoms with E-state index in [1.54, 1.807) is 6.92 Å². The van der Waals surface area contributed by atoms with Crippen molar-refractivity contribution in [3.8, 4) is 5.75 Å². The van der Waals surface area contributed by atoms with Gasteiger partial charge in [0.15, 0.2) is 0 Å². The largest absolute Gasteiger partial charge is 0.424 e. The number of nitro groups is 1. The number of nitro benzene ring substituents is 1. The second kappa shape index (κ2) is 11.2. The first-order valence-electron chi connectivity index (χ1n) is 8.26. The van der Waals surface area contributed by atoms with Crippen molar-refractivity contribution >= 4 is 13.3 Å². The van der Waals surface area contributed by atoms with Crippen molar-refractivity contribution in [2.75, 3.05) is 26.0 Å². The summed E-state index contributed by atoms with van der Waals surface area (Å²) >= 11 is 0. The molecule has 0 aliphatic rings. The van der Waals surface area contributed by atoms with Crippen LogP contribution in [0.4, 0.5) is 5.69 Å². The van der Waals surface area contributed by atoms with Crippen LogP contribution in [0.2, 0.25) is 0 Å². The Bertz CT molecular complexity index is 534. The molecule has 1 atom stereocenters. The third-order valence-corrected chi connectivity index (χ3v) is 5.19. The van der Waals surface area contributed by atoms with Crippen molar-refractivity contribution in [1.29, 1.82) is 0 Å². The zero-order chi connectivity index (χ0) is 17.8. The molecule has 0 spiro atoms. The SMILES string of the molecule is CCCOCCCCCP(=O)(OCC)Oc1ccc([N+](=O)[O-])cc1. The Morgan fingerprint density at radius 3 is 2.38 bits per heavy atom. The van der Waals surface area contributed by atoms with E-state index in [1.807, 2.05) is 0 Å². The van der Waals surface area contributed by atoms with E-state index in [4.69, 9.17) is 13.8 Å². The summed E-state index contributed by atoms with van der Waals surface area (Å²) in [5.74, 6) is 0.309. The third-order valence-electron chi connectivity index (χ3n) is 3.19. The van der Waals surface area contributed by atoms with Crippen molar-refractivity contribution in [1.82, 2.24) is 0 Å². The van der Waals surface area contributed by atoms with Crippen LogP contribution in [-0.4, -0.2) is 30.9 Å². The van der Waals surface area contributed by atoms with Gasteiger partial charge in [-0.15, -0.1) is 0 Å². The Balaban J connectivity index is 2.48. The van der Waals surface area contributed by atoms with E-state index >= 15 is 0 Å². The van der Waals surface area contributed by atoms with Gasteiger partial charge in [-0.05, 0) is 38.3 Å². The minimum atomic E-state index is -3.25. The van der Waals surface area contributed by atoms with E-state index in [0.29, 0.717) is 24.9 Å². The lowest BCUT2D eigenvalue weighted by Gasteiger charge is -2.18. The van der Waals surface area contributed by atoms with E-state index in [1.165, 1.54) is 24.3 Å². The van der Waals surface area contributed by atoms with Crippen molar-refractivity contribution in [3.05, 3.63) is 34.4 Å². The van der Waals surface area contributed by atoms with Gasteiger partial charge in [-0.1, -0.05) is 13.3 Å². The summed E-state index contributed by atoms with van der Waals surface area (Å²) in [7, 11) is -3.25. The first-order chi connectivity index (χ1) is 11.5. The summed E-state index contributed by atoms with van der Waals surface area (Å²) in [6.07, 6.45) is 3.81. The molecule has 136 valence electrons. The number of rotatable bonds is 13. The lowest BCUT2D eigenvalue weighted by Crippen LogP contribution is -2.04. The molecule has 0 amide bonds. The lowest BCUT2D eigenvalue weighted by atomic mass is 10.3. The number of ether oxygens (including phenoxy) is 1. The molecule has 24 heavy (non-hydrogen) atoms. The predicted molar refractivity (Wildman–Crippen MR) is 92.8 cm³/mol. The zero-order valence-corrected chi connectivity index (χ0v) is 15.2. The molecule has 0 saturated heterocycles.